The summed E-state index contributed by atoms with van der Waals surface area (Å²) < 4.78 is 94.4. The molecule has 1 atom stereocenters. The van der Waals surface area contributed by atoms with Gasteiger partial charge in [0.2, 0.25) is 0 Å². The molecule has 0 aliphatic carbocycles. The number of hydrogen-bond acceptors (Lipinski definition) is 4. The summed E-state index contributed by atoms with van der Waals surface area (Å²) in [6.45, 7) is 3.11. The van der Waals surface area contributed by atoms with Gasteiger partial charge in [0.15, 0.2) is 0 Å². The summed E-state index contributed by atoms with van der Waals surface area (Å²) in [6.07, 6.45) is -10.1. The van der Waals surface area contributed by atoms with Gasteiger partial charge in [0.1, 0.15) is 5.82 Å². The summed E-state index contributed by atoms with van der Waals surface area (Å²) in [7, 11) is 0. The van der Waals surface area contributed by atoms with Crippen molar-refractivity contribution in [2.24, 2.45) is 0 Å². The number of carbonyl (C=O) groups excluding carboxylic acids is 1. The molecular formula is C23H18F7N3O2. The molecule has 0 aliphatic heterocycles. The van der Waals surface area contributed by atoms with Gasteiger partial charge in [-0.3, -0.25) is 14.8 Å². The molecule has 2 N–H and O–H groups in total. The molecule has 5 nitrogen and oxygen atoms in total. The number of aromatic nitrogens is 2. The number of aryl methyl sites for hydroxylation is 1. The Kier molecular flexibility index (Phi) is 6.89. The second-order valence-electron chi connectivity index (χ2n) is 7.82. The Bertz CT molecular complexity index is 1190. The van der Waals surface area contributed by atoms with Crippen molar-refractivity contribution in [3.63, 3.8) is 0 Å². The number of nitrogens with one attached hydrogen (secondary N) is 1. The largest absolute Gasteiger partial charge is 0.430 e. The zero-order chi connectivity index (χ0) is 26.2. The average Bonchev–Trinajstić information content (AvgIpc) is 2.77. The van der Waals surface area contributed by atoms with Gasteiger partial charge in [-0.2, -0.15) is 26.3 Å². The van der Waals surface area contributed by atoms with Crippen molar-refractivity contribution in [3.05, 3.63) is 83.1 Å². The number of aliphatic hydroxyl groups is 1. The molecule has 0 unspecified atom stereocenters. The molecule has 186 valence electrons. The van der Waals surface area contributed by atoms with Crippen molar-refractivity contribution in [2.75, 3.05) is 0 Å². The summed E-state index contributed by atoms with van der Waals surface area (Å²) in [5.41, 5.74) is -6.86. The highest BCUT2D eigenvalue weighted by Crippen LogP contribution is 2.50. The summed E-state index contributed by atoms with van der Waals surface area (Å²) in [5, 5.41) is 12.3. The molecule has 2 heterocycles. The Morgan fingerprint density at radius 2 is 1.60 bits per heavy atom. The highest BCUT2D eigenvalue weighted by molar-refractivity contribution is 5.96. The van der Waals surface area contributed by atoms with Crippen LogP contribution in [0.1, 0.15) is 40.1 Å². The van der Waals surface area contributed by atoms with E-state index in [1.165, 1.54) is 31.3 Å². The average molecular weight is 501 g/mol. The summed E-state index contributed by atoms with van der Waals surface area (Å²) >= 11 is 0. The van der Waals surface area contributed by atoms with Gasteiger partial charge in [-0.05, 0) is 55.8 Å². The molecule has 0 fully saturated rings. The van der Waals surface area contributed by atoms with Crippen LogP contribution in [-0.4, -0.2) is 33.3 Å². The molecule has 35 heavy (non-hydrogen) atoms. The van der Waals surface area contributed by atoms with Crippen molar-refractivity contribution in [3.8, 4) is 11.3 Å². The first-order valence-corrected chi connectivity index (χ1v) is 10.00. The maximum atomic E-state index is 13.5. The van der Waals surface area contributed by atoms with Crippen LogP contribution in [0.5, 0.6) is 0 Å². The van der Waals surface area contributed by atoms with Crippen LogP contribution in [0, 0.1) is 12.7 Å². The highest BCUT2D eigenvalue weighted by Gasteiger charge is 2.71. The van der Waals surface area contributed by atoms with E-state index >= 15 is 0 Å². The molecule has 1 aromatic carbocycles. The predicted octanol–water partition coefficient (Wildman–Crippen LogP) is 5.39. The van der Waals surface area contributed by atoms with Gasteiger partial charge in [0, 0.05) is 22.9 Å². The monoisotopic (exact) mass is 501 g/mol. The molecule has 12 heteroatoms. The van der Waals surface area contributed by atoms with E-state index in [0.717, 1.165) is 18.3 Å². The number of halogens is 7. The Hall–Kier alpha value is -3.54. The van der Waals surface area contributed by atoms with Crippen molar-refractivity contribution < 1.29 is 40.6 Å². The zero-order valence-corrected chi connectivity index (χ0v) is 18.2. The smallest absolute Gasteiger partial charge is 0.369 e. The lowest BCUT2D eigenvalue weighted by molar-refractivity contribution is -0.376. The van der Waals surface area contributed by atoms with Gasteiger partial charge >= 0.3 is 12.4 Å². The van der Waals surface area contributed by atoms with Gasteiger partial charge in [-0.1, -0.05) is 6.07 Å². The number of alkyl halides is 6. The fourth-order valence-electron chi connectivity index (χ4n) is 3.24. The number of benzene rings is 1. The molecule has 0 bridgehead atoms. The molecular weight excluding hydrogens is 483 g/mol. The van der Waals surface area contributed by atoms with E-state index < -0.39 is 46.8 Å². The number of hydrogen-bond donors (Lipinski definition) is 2. The zero-order valence-electron chi connectivity index (χ0n) is 18.2. The topological polar surface area (TPSA) is 75.1 Å². The first-order chi connectivity index (χ1) is 16.1. The quantitative estimate of drug-likeness (QED) is 0.460. The van der Waals surface area contributed by atoms with Gasteiger partial charge in [0.25, 0.3) is 11.5 Å². The minimum Gasteiger partial charge on any atom is -0.369 e. The van der Waals surface area contributed by atoms with E-state index in [1.807, 2.05) is 0 Å². The summed E-state index contributed by atoms with van der Waals surface area (Å²) in [4.78, 5) is 20.6. The predicted molar refractivity (Wildman–Crippen MR) is 110 cm³/mol. The third kappa shape index (κ3) is 5.26. The minimum absolute atomic E-state index is 0.0218. The van der Waals surface area contributed by atoms with Crippen LogP contribution in [0.3, 0.4) is 0 Å². The highest BCUT2D eigenvalue weighted by atomic mass is 19.4. The van der Waals surface area contributed by atoms with Crippen molar-refractivity contribution in [2.45, 2.75) is 37.8 Å². The maximum absolute atomic E-state index is 13.5. The van der Waals surface area contributed by atoms with Crippen LogP contribution >= 0.6 is 0 Å². The van der Waals surface area contributed by atoms with Crippen LogP contribution in [0.2, 0.25) is 0 Å². The van der Waals surface area contributed by atoms with Crippen molar-refractivity contribution in [1.82, 2.24) is 15.3 Å². The Balaban J connectivity index is 2.13. The minimum atomic E-state index is -6.15. The van der Waals surface area contributed by atoms with Crippen LogP contribution in [-0.2, 0) is 5.60 Å². The molecule has 0 aliphatic rings. The third-order valence-electron chi connectivity index (χ3n) is 5.18. The summed E-state index contributed by atoms with van der Waals surface area (Å²) in [6, 6.07) is 6.17. The van der Waals surface area contributed by atoms with Crippen LogP contribution in [0.4, 0.5) is 30.7 Å². The molecule has 2 aromatic heterocycles. The van der Waals surface area contributed by atoms with Gasteiger partial charge in [-0.15, -0.1) is 0 Å². The lowest BCUT2D eigenvalue weighted by Gasteiger charge is -2.33. The van der Waals surface area contributed by atoms with Crippen LogP contribution in [0.15, 0.2) is 54.9 Å². The fourth-order valence-corrected chi connectivity index (χ4v) is 3.24. The fraction of sp³-hybridized carbons (Fsp3) is 0.261. The second kappa shape index (κ2) is 9.25. The molecule has 0 radical (unpaired) electrons. The van der Waals surface area contributed by atoms with E-state index in [0.29, 0.717) is 17.7 Å². The number of pyridine rings is 2. The number of amides is 1. The van der Waals surface area contributed by atoms with E-state index in [-0.39, 0.29) is 17.0 Å². The van der Waals surface area contributed by atoms with E-state index in [9.17, 15) is 40.6 Å². The standard InChI is InChI=1S/C23H18F7N3O2/c1-12-3-5-19(31-10-12)14-7-15(20(34)33-13(2)18-6-4-17(24)11-32-18)9-16(8-14)21(35,22(25,26)27)23(28,29)30/h3-11,13,35H,1-2H3,(H,33,34)/t13-/m1/s1. The Morgan fingerprint density at radius 3 is 2.11 bits per heavy atom. The van der Waals surface area contributed by atoms with Gasteiger partial charge in [-0.25, -0.2) is 4.39 Å². The van der Waals surface area contributed by atoms with Crippen molar-refractivity contribution >= 4 is 5.91 Å². The Morgan fingerprint density at radius 1 is 0.943 bits per heavy atom. The SMILES string of the molecule is Cc1ccc(-c2cc(C(=O)N[C@H](C)c3ccc(F)cn3)cc(C(O)(C(F)(F)F)C(F)(F)F)c2)nc1. The van der Waals surface area contributed by atoms with Gasteiger partial charge < -0.3 is 10.4 Å². The van der Waals surface area contributed by atoms with E-state index in [1.54, 1.807) is 6.92 Å². The molecule has 0 saturated heterocycles. The first-order valence-electron chi connectivity index (χ1n) is 10.00. The molecule has 1 amide bonds. The van der Waals surface area contributed by atoms with Crippen LogP contribution < -0.4 is 5.32 Å². The number of rotatable bonds is 5. The molecule has 3 rings (SSSR count). The summed E-state index contributed by atoms with van der Waals surface area (Å²) in [5.74, 6) is -1.70. The number of carbonyl (C=O) groups is 1. The number of nitrogens with zero attached hydrogens (tertiary/aromatic N) is 2. The van der Waals surface area contributed by atoms with E-state index in [2.05, 4.69) is 15.3 Å². The molecule has 0 spiro atoms. The normalized spacial score (nSPS) is 13.4. The van der Waals surface area contributed by atoms with E-state index in [4.69, 9.17) is 0 Å². The second-order valence-corrected chi connectivity index (χ2v) is 7.82. The molecule has 0 saturated carbocycles. The lowest BCUT2D eigenvalue weighted by Crippen LogP contribution is -2.54. The Labute approximate surface area is 194 Å². The first kappa shape index (κ1) is 26.1. The third-order valence-corrected chi connectivity index (χ3v) is 5.18. The lowest BCUT2D eigenvalue weighted by atomic mass is 9.88. The van der Waals surface area contributed by atoms with Gasteiger partial charge in [0.05, 0.1) is 23.6 Å². The van der Waals surface area contributed by atoms with Crippen molar-refractivity contribution in [1.29, 1.82) is 0 Å². The maximum Gasteiger partial charge on any atom is 0.430 e. The van der Waals surface area contributed by atoms with Crippen LogP contribution in [0.25, 0.3) is 11.3 Å². The molecule has 3 aromatic rings.